The average molecular weight is 295 g/mol. The predicted molar refractivity (Wildman–Crippen MR) is 89.5 cm³/mol. The van der Waals surface area contributed by atoms with Crippen molar-refractivity contribution in [3.63, 3.8) is 0 Å². The fourth-order valence-corrected chi connectivity index (χ4v) is 2.88. The zero-order chi connectivity index (χ0) is 15.7. The highest BCUT2D eigenvalue weighted by molar-refractivity contribution is 5.87. The summed E-state index contributed by atoms with van der Waals surface area (Å²) < 4.78 is 8.20. The Labute approximate surface area is 130 Å². The SMILES string of the molecule is Cc1ccccc1OCc1cc2c(O)cccc2n1C(C)C. The van der Waals surface area contributed by atoms with E-state index in [2.05, 4.69) is 18.4 Å². The molecule has 0 spiro atoms. The Kier molecular flexibility index (Phi) is 3.80. The Bertz CT molecular complexity index is 802. The number of benzene rings is 2. The second kappa shape index (κ2) is 5.76. The largest absolute Gasteiger partial charge is 0.507 e. The monoisotopic (exact) mass is 295 g/mol. The van der Waals surface area contributed by atoms with Crippen LogP contribution in [-0.2, 0) is 6.61 Å². The molecule has 0 fully saturated rings. The normalized spacial score (nSPS) is 11.3. The maximum Gasteiger partial charge on any atom is 0.128 e. The van der Waals surface area contributed by atoms with Gasteiger partial charge < -0.3 is 14.4 Å². The number of phenols is 1. The molecule has 0 bridgehead atoms. The molecule has 0 radical (unpaired) electrons. The van der Waals surface area contributed by atoms with Crippen LogP contribution in [0.2, 0.25) is 0 Å². The van der Waals surface area contributed by atoms with Crippen LogP contribution < -0.4 is 4.74 Å². The van der Waals surface area contributed by atoms with Gasteiger partial charge in [-0.1, -0.05) is 24.3 Å². The molecule has 1 heterocycles. The van der Waals surface area contributed by atoms with Gasteiger partial charge in [0.05, 0.1) is 11.2 Å². The van der Waals surface area contributed by atoms with E-state index in [1.807, 2.05) is 49.4 Å². The van der Waals surface area contributed by atoms with Crippen LogP contribution in [0.4, 0.5) is 0 Å². The summed E-state index contributed by atoms with van der Waals surface area (Å²) in [5, 5.41) is 10.9. The summed E-state index contributed by atoms with van der Waals surface area (Å²) in [5.74, 6) is 1.21. The van der Waals surface area contributed by atoms with E-state index in [-0.39, 0.29) is 0 Å². The third-order valence-electron chi connectivity index (χ3n) is 3.93. The molecule has 22 heavy (non-hydrogen) atoms. The molecule has 0 unspecified atom stereocenters. The molecule has 3 nitrogen and oxygen atoms in total. The van der Waals surface area contributed by atoms with Crippen molar-refractivity contribution in [3.8, 4) is 11.5 Å². The molecule has 0 aliphatic rings. The van der Waals surface area contributed by atoms with Crippen molar-refractivity contribution >= 4 is 10.9 Å². The lowest BCUT2D eigenvalue weighted by Crippen LogP contribution is -2.08. The number of nitrogens with zero attached hydrogens (tertiary/aromatic N) is 1. The lowest BCUT2D eigenvalue weighted by Gasteiger charge is -2.16. The van der Waals surface area contributed by atoms with Gasteiger partial charge in [0.1, 0.15) is 18.1 Å². The molecule has 0 aliphatic carbocycles. The van der Waals surface area contributed by atoms with Crippen molar-refractivity contribution in [2.24, 2.45) is 0 Å². The van der Waals surface area contributed by atoms with Crippen molar-refractivity contribution in [2.45, 2.75) is 33.4 Å². The van der Waals surface area contributed by atoms with Gasteiger partial charge in [0.15, 0.2) is 0 Å². The molecule has 0 amide bonds. The number of rotatable bonds is 4. The van der Waals surface area contributed by atoms with Crippen molar-refractivity contribution in [1.82, 2.24) is 4.57 Å². The molecule has 0 aliphatic heterocycles. The van der Waals surface area contributed by atoms with E-state index in [1.54, 1.807) is 6.07 Å². The van der Waals surface area contributed by atoms with Crippen LogP contribution in [0, 0.1) is 6.92 Å². The highest BCUT2D eigenvalue weighted by Crippen LogP contribution is 2.31. The van der Waals surface area contributed by atoms with Crippen LogP contribution in [0.25, 0.3) is 10.9 Å². The van der Waals surface area contributed by atoms with Gasteiger partial charge in [-0.05, 0) is 50.6 Å². The van der Waals surface area contributed by atoms with Gasteiger partial charge in [-0.2, -0.15) is 0 Å². The van der Waals surface area contributed by atoms with Crippen molar-refractivity contribution < 1.29 is 9.84 Å². The van der Waals surface area contributed by atoms with Crippen LogP contribution in [0.3, 0.4) is 0 Å². The predicted octanol–water partition coefficient (Wildman–Crippen LogP) is 4.82. The van der Waals surface area contributed by atoms with Crippen LogP contribution in [0.15, 0.2) is 48.5 Å². The first-order chi connectivity index (χ1) is 10.6. The van der Waals surface area contributed by atoms with E-state index < -0.39 is 0 Å². The number of hydrogen-bond acceptors (Lipinski definition) is 2. The standard InChI is InChI=1S/C19H21NO2/c1-13(2)20-15(11-16-17(20)8-6-9-18(16)21)12-22-19-10-5-4-7-14(19)3/h4-11,13,21H,12H2,1-3H3. The van der Waals surface area contributed by atoms with E-state index in [9.17, 15) is 5.11 Å². The number of fused-ring (bicyclic) bond motifs is 1. The molecule has 2 aromatic carbocycles. The Morgan fingerprint density at radius 1 is 1.09 bits per heavy atom. The lowest BCUT2D eigenvalue weighted by molar-refractivity contribution is 0.291. The first kappa shape index (κ1) is 14.5. The van der Waals surface area contributed by atoms with Gasteiger partial charge in [0.2, 0.25) is 0 Å². The van der Waals surface area contributed by atoms with Crippen LogP contribution in [-0.4, -0.2) is 9.67 Å². The zero-order valence-corrected chi connectivity index (χ0v) is 13.2. The summed E-state index contributed by atoms with van der Waals surface area (Å²) >= 11 is 0. The van der Waals surface area contributed by atoms with Gasteiger partial charge in [-0.15, -0.1) is 0 Å². The number of aryl methyl sites for hydroxylation is 1. The molecule has 3 heteroatoms. The lowest BCUT2D eigenvalue weighted by atomic mass is 10.2. The van der Waals surface area contributed by atoms with Crippen LogP contribution in [0.1, 0.15) is 31.1 Å². The summed E-state index contributed by atoms with van der Waals surface area (Å²) in [7, 11) is 0. The summed E-state index contributed by atoms with van der Waals surface area (Å²) in [6, 6.07) is 16.0. The third kappa shape index (κ3) is 2.54. The van der Waals surface area contributed by atoms with E-state index in [1.165, 1.54) is 0 Å². The van der Waals surface area contributed by atoms with Crippen LogP contribution >= 0.6 is 0 Å². The second-order valence-electron chi connectivity index (χ2n) is 5.86. The highest BCUT2D eigenvalue weighted by atomic mass is 16.5. The van der Waals surface area contributed by atoms with E-state index in [4.69, 9.17) is 4.74 Å². The van der Waals surface area contributed by atoms with Gasteiger partial charge in [-0.3, -0.25) is 0 Å². The van der Waals surface area contributed by atoms with Crippen molar-refractivity contribution in [2.75, 3.05) is 0 Å². The molecule has 0 atom stereocenters. The molecule has 114 valence electrons. The maximum atomic E-state index is 10.1. The summed E-state index contributed by atoms with van der Waals surface area (Å²) in [6.07, 6.45) is 0. The fraction of sp³-hybridized carbons (Fsp3) is 0.263. The zero-order valence-electron chi connectivity index (χ0n) is 13.2. The van der Waals surface area contributed by atoms with Gasteiger partial charge in [-0.25, -0.2) is 0 Å². The first-order valence-electron chi connectivity index (χ1n) is 7.58. The molecule has 0 saturated heterocycles. The van der Waals surface area contributed by atoms with E-state index in [0.717, 1.165) is 27.9 Å². The highest BCUT2D eigenvalue weighted by Gasteiger charge is 2.14. The molecule has 1 aromatic heterocycles. The minimum absolute atomic E-state index is 0.301. The third-order valence-corrected chi connectivity index (χ3v) is 3.93. The van der Waals surface area contributed by atoms with Gasteiger partial charge in [0.25, 0.3) is 0 Å². The minimum Gasteiger partial charge on any atom is -0.507 e. The summed E-state index contributed by atoms with van der Waals surface area (Å²) in [5.41, 5.74) is 3.23. The maximum absolute atomic E-state index is 10.1. The van der Waals surface area contributed by atoms with Crippen LogP contribution in [0.5, 0.6) is 11.5 Å². The van der Waals surface area contributed by atoms with E-state index in [0.29, 0.717) is 18.4 Å². The molecule has 0 saturated carbocycles. The molecule has 3 aromatic rings. The van der Waals surface area contributed by atoms with Gasteiger partial charge >= 0.3 is 0 Å². The van der Waals surface area contributed by atoms with Crippen molar-refractivity contribution in [3.05, 3.63) is 59.8 Å². The first-order valence-corrected chi connectivity index (χ1v) is 7.58. The second-order valence-corrected chi connectivity index (χ2v) is 5.86. The molecule has 1 N–H and O–H groups in total. The average Bonchev–Trinajstić information content (AvgIpc) is 2.86. The number of para-hydroxylation sites is 1. The van der Waals surface area contributed by atoms with E-state index >= 15 is 0 Å². The molecule has 3 rings (SSSR count). The Balaban J connectivity index is 1.98. The number of ether oxygens (including phenoxy) is 1. The Morgan fingerprint density at radius 3 is 2.59 bits per heavy atom. The Morgan fingerprint density at radius 2 is 1.86 bits per heavy atom. The van der Waals surface area contributed by atoms with Gasteiger partial charge in [0, 0.05) is 11.4 Å². The smallest absolute Gasteiger partial charge is 0.128 e. The summed E-state index contributed by atoms with van der Waals surface area (Å²) in [4.78, 5) is 0. The quantitative estimate of drug-likeness (QED) is 0.749. The van der Waals surface area contributed by atoms with Crippen molar-refractivity contribution in [1.29, 1.82) is 0 Å². The molecular weight excluding hydrogens is 274 g/mol. The topological polar surface area (TPSA) is 34.4 Å². The molecular formula is C19H21NO2. The minimum atomic E-state index is 0.301. The summed E-state index contributed by atoms with van der Waals surface area (Å²) in [6.45, 7) is 6.80. The number of aromatic hydroxyl groups is 1. The number of aromatic nitrogens is 1. The number of hydrogen-bond donors (Lipinski definition) is 1. The fourth-order valence-electron chi connectivity index (χ4n) is 2.88. The Hall–Kier alpha value is -2.42. The number of phenolic OH excluding ortho intramolecular Hbond substituents is 1.